The van der Waals surface area contributed by atoms with Crippen LogP contribution in [0.2, 0.25) is 0 Å². The molecule has 2 saturated carbocycles. The summed E-state index contributed by atoms with van der Waals surface area (Å²) in [5.74, 6) is -1.45. The Morgan fingerprint density at radius 1 is 0.976 bits per heavy atom. The first-order valence-corrected chi connectivity index (χ1v) is 15.1. The second-order valence-electron chi connectivity index (χ2n) is 14.4. The summed E-state index contributed by atoms with van der Waals surface area (Å²) in [5, 5.41) is 9.22. The molecule has 4 aliphatic carbocycles. The molecule has 0 aromatic rings. The van der Waals surface area contributed by atoms with Gasteiger partial charge in [-0.15, -0.1) is 0 Å². The molecular weight excluding hydrogens is 520 g/mol. The first kappa shape index (κ1) is 31.2. The molecule has 1 N–H and O–H groups in total. The highest BCUT2D eigenvalue weighted by atomic mass is 16.5. The molecule has 226 valence electrons. The van der Waals surface area contributed by atoms with E-state index >= 15 is 0 Å². The maximum absolute atomic E-state index is 12.8. The molecule has 4 aliphatic rings. The van der Waals surface area contributed by atoms with E-state index in [9.17, 15) is 24.3 Å². The highest BCUT2D eigenvalue weighted by molar-refractivity contribution is 5.98. The van der Waals surface area contributed by atoms with Crippen molar-refractivity contribution in [3.8, 4) is 0 Å². The summed E-state index contributed by atoms with van der Waals surface area (Å²) in [7, 11) is 0. The van der Waals surface area contributed by atoms with Crippen LogP contribution in [0.4, 0.5) is 0 Å². The van der Waals surface area contributed by atoms with Crippen LogP contribution in [-0.2, 0) is 28.7 Å². The minimum Gasteiger partial charge on any atom is -0.478 e. The van der Waals surface area contributed by atoms with Crippen molar-refractivity contribution in [2.24, 2.45) is 39.4 Å². The number of carbonyl (C=O) groups is 4. The van der Waals surface area contributed by atoms with E-state index in [0.717, 1.165) is 25.7 Å². The van der Waals surface area contributed by atoms with Gasteiger partial charge in [0.25, 0.3) is 0 Å². The lowest BCUT2D eigenvalue weighted by atomic mass is 9.44. The van der Waals surface area contributed by atoms with Gasteiger partial charge >= 0.3 is 17.9 Å². The summed E-state index contributed by atoms with van der Waals surface area (Å²) in [6, 6.07) is 0. The van der Waals surface area contributed by atoms with Crippen molar-refractivity contribution in [3.05, 3.63) is 34.9 Å². The van der Waals surface area contributed by atoms with E-state index in [4.69, 9.17) is 9.47 Å². The summed E-state index contributed by atoms with van der Waals surface area (Å²) >= 11 is 0. The Balaban J connectivity index is 1.74. The largest absolute Gasteiger partial charge is 0.478 e. The number of carboxylic acid groups (broad SMARTS) is 1. The van der Waals surface area contributed by atoms with Gasteiger partial charge in [0, 0.05) is 36.7 Å². The van der Waals surface area contributed by atoms with E-state index in [2.05, 4.69) is 53.7 Å². The third kappa shape index (κ3) is 4.91. The Kier molecular flexibility index (Phi) is 8.03. The highest BCUT2D eigenvalue weighted by Crippen LogP contribution is 2.72. The number of ketones is 1. The van der Waals surface area contributed by atoms with E-state index in [1.807, 2.05) is 0 Å². The van der Waals surface area contributed by atoms with Crippen LogP contribution >= 0.6 is 0 Å². The zero-order valence-electron chi connectivity index (χ0n) is 26.3. The molecular formula is C34H48O7. The van der Waals surface area contributed by atoms with E-state index in [1.54, 1.807) is 0 Å². The molecule has 7 heteroatoms. The van der Waals surface area contributed by atoms with Gasteiger partial charge in [-0.3, -0.25) is 14.4 Å². The third-order valence-electron chi connectivity index (χ3n) is 11.8. The Hall–Kier alpha value is -2.70. The number of aliphatic carboxylic acids is 1. The number of esters is 2. The van der Waals surface area contributed by atoms with E-state index in [-0.39, 0.29) is 70.0 Å². The summed E-state index contributed by atoms with van der Waals surface area (Å²) in [6.07, 6.45) is 9.82. The number of rotatable bonds is 7. The van der Waals surface area contributed by atoms with Gasteiger partial charge in [0.1, 0.15) is 12.2 Å². The Labute approximate surface area is 244 Å². The summed E-state index contributed by atoms with van der Waals surface area (Å²) < 4.78 is 11.9. The predicted octanol–water partition coefficient (Wildman–Crippen LogP) is 6.61. The zero-order valence-corrected chi connectivity index (χ0v) is 26.3. The van der Waals surface area contributed by atoms with Gasteiger partial charge in [-0.2, -0.15) is 0 Å². The van der Waals surface area contributed by atoms with Gasteiger partial charge < -0.3 is 14.6 Å². The molecule has 0 saturated heterocycles. The predicted molar refractivity (Wildman–Crippen MR) is 156 cm³/mol. The van der Waals surface area contributed by atoms with Crippen LogP contribution in [0, 0.1) is 39.4 Å². The fourth-order valence-electron chi connectivity index (χ4n) is 9.49. The van der Waals surface area contributed by atoms with Gasteiger partial charge in [0.15, 0.2) is 5.78 Å². The van der Waals surface area contributed by atoms with Gasteiger partial charge in [-0.25, -0.2) is 4.79 Å². The van der Waals surface area contributed by atoms with Crippen molar-refractivity contribution in [1.82, 2.24) is 0 Å². The average molecular weight is 569 g/mol. The molecule has 0 aromatic carbocycles. The standard InChI is InChI=1S/C34H48O7/c1-19(16-23(37)17-20(2)30(38)39)26-18-29(41-22(4)36)34(9)25-10-11-27-31(5,6)28(40-21(3)35)13-14-32(27,7)24(25)12-15-33(26,34)8/h10,12,17,19,26-29H,11,13-16,18H2,1-9H3,(H,38,39)/b20-17+/t19-,26-,27-,28-,29+,32-,33-,34-/m1/s1. The highest BCUT2D eigenvalue weighted by Gasteiger charge is 2.67. The number of allylic oxidation sites excluding steroid dienone is 4. The first-order valence-electron chi connectivity index (χ1n) is 15.1. The molecule has 0 heterocycles. The van der Waals surface area contributed by atoms with Crippen LogP contribution in [0.15, 0.2) is 34.9 Å². The van der Waals surface area contributed by atoms with Crippen molar-refractivity contribution >= 4 is 23.7 Å². The first-order chi connectivity index (χ1) is 18.9. The van der Waals surface area contributed by atoms with Crippen LogP contribution in [-0.4, -0.2) is 41.0 Å². The normalized spacial score (nSPS) is 38.3. The van der Waals surface area contributed by atoms with Gasteiger partial charge in [-0.05, 0) is 84.8 Å². The van der Waals surface area contributed by atoms with Crippen molar-refractivity contribution < 1.29 is 33.8 Å². The molecule has 0 aliphatic heterocycles. The second-order valence-corrected chi connectivity index (χ2v) is 14.4. The average Bonchev–Trinajstić information content (AvgIpc) is 3.07. The third-order valence-corrected chi connectivity index (χ3v) is 11.8. The molecule has 0 spiro atoms. The van der Waals surface area contributed by atoms with Gasteiger partial charge in [0.05, 0.1) is 0 Å². The van der Waals surface area contributed by atoms with Crippen molar-refractivity contribution in [2.45, 2.75) is 113 Å². The summed E-state index contributed by atoms with van der Waals surface area (Å²) in [4.78, 5) is 48.4. The molecule has 4 rings (SSSR count). The lowest BCUT2D eigenvalue weighted by Crippen LogP contribution is -2.56. The molecule has 0 radical (unpaired) electrons. The Morgan fingerprint density at radius 2 is 1.59 bits per heavy atom. The number of fused-ring (bicyclic) bond motifs is 5. The van der Waals surface area contributed by atoms with Crippen LogP contribution < -0.4 is 0 Å². The SMILES string of the molecule is CC(=O)O[C@H]1C[C@H]([C@H](C)CC(=O)/C=C(\C)C(=O)O)[C@@]2(C)CC=C3C(=CC[C@@H]4C(C)(C)[C@H](OC(C)=O)CC[C@]34C)[C@]12C. The maximum Gasteiger partial charge on any atom is 0.331 e. The molecule has 41 heavy (non-hydrogen) atoms. The Morgan fingerprint density at radius 3 is 2.17 bits per heavy atom. The molecule has 0 aromatic heterocycles. The van der Waals surface area contributed by atoms with Crippen molar-refractivity contribution in [1.29, 1.82) is 0 Å². The Bertz CT molecular complexity index is 1240. The second kappa shape index (κ2) is 10.5. The molecule has 8 atom stereocenters. The number of carboxylic acids is 1. The number of hydrogen-bond acceptors (Lipinski definition) is 6. The smallest absolute Gasteiger partial charge is 0.331 e. The van der Waals surface area contributed by atoms with Crippen LogP contribution in [0.3, 0.4) is 0 Å². The maximum atomic E-state index is 12.8. The zero-order chi connectivity index (χ0) is 30.7. The number of hydrogen-bond donors (Lipinski definition) is 1. The minimum absolute atomic E-state index is 0.0224. The van der Waals surface area contributed by atoms with Crippen LogP contribution in [0.25, 0.3) is 0 Å². The fourth-order valence-corrected chi connectivity index (χ4v) is 9.49. The van der Waals surface area contributed by atoms with Gasteiger partial charge in [-0.1, -0.05) is 53.7 Å². The minimum atomic E-state index is -1.09. The lowest BCUT2D eigenvalue weighted by molar-refractivity contribution is -0.166. The van der Waals surface area contributed by atoms with Crippen molar-refractivity contribution in [3.63, 3.8) is 0 Å². The van der Waals surface area contributed by atoms with Crippen molar-refractivity contribution in [2.75, 3.05) is 0 Å². The van der Waals surface area contributed by atoms with E-state index in [1.165, 1.54) is 38.0 Å². The lowest BCUT2D eigenvalue weighted by Gasteiger charge is -2.61. The van der Waals surface area contributed by atoms with Crippen LogP contribution in [0.5, 0.6) is 0 Å². The summed E-state index contributed by atoms with van der Waals surface area (Å²) in [6.45, 7) is 17.8. The fraction of sp³-hybridized carbons (Fsp3) is 0.706. The van der Waals surface area contributed by atoms with E-state index in [0.29, 0.717) is 12.3 Å². The molecule has 0 unspecified atom stereocenters. The quantitative estimate of drug-likeness (QED) is 0.272. The number of ether oxygens (including phenoxy) is 2. The van der Waals surface area contributed by atoms with Gasteiger partial charge in [0.2, 0.25) is 0 Å². The van der Waals surface area contributed by atoms with E-state index < -0.39 is 11.4 Å². The molecule has 0 bridgehead atoms. The topological polar surface area (TPSA) is 107 Å². The van der Waals surface area contributed by atoms with Crippen LogP contribution in [0.1, 0.15) is 101 Å². The number of carbonyl (C=O) groups excluding carboxylic acids is 3. The summed E-state index contributed by atoms with van der Waals surface area (Å²) in [5.41, 5.74) is 1.63. The molecule has 0 amide bonds. The molecule has 2 fully saturated rings. The molecule has 7 nitrogen and oxygen atoms in total. The monoisotopic (exact) mass is 568 g/mol.